The Kier molecular flexibility index (Phi) is 3.63. The summed E-state index contributed by atoms with van der Waals surface area (Å²) in [5.74, 6) is -1.73. The minimum absolute atomic E-state index is 0.0343. The van der Waals surface area contributed by atoms with E-state index >= 15 is 0 Å². The maximum atomic E-state index is 12.8. The fourth-order valence-corrected chi connectivity index (χ4v) is 4.28. The van der Waals surface area contributed by atoms with Gasteiger partial charge in [-0.1, -0.05) is 6.92 Å². The molecule has 5 atom stereocenters. The number of carboxylic acid groups (broad SMARTS) is 1. The van der Waals surface area contributed by atoms with Crippen molar-refractivity contribution in [1.82, 2.24) is 10.2 Å². The lowest BCUT2D eigenvalue weighted by molar-refractivity contribution is -0.151. The standard InChI is InChI=1S/C15H22N2O4/c1-8-5-10(11(6-8)15(20)21)14(19)17-4-2-3-9-12(17)7-16-13(9)18/h8-12H,2-7H2,1H3,(H,16,18)(H,20,21)/t8?,9?,10-,11+,12?/m0/s1. The Morgan fingerprint density at radius 1 is 1.29 bits per heavy atom. The number of rotatable bonds is 2. The highest BCUT2D eigenvalue weighted by molar-refractivity contribution is 5.88. The Balaban J connectivity index is 1.78. The third-order valence-electron chi connectivity index (χ3n) is 5.32. The molecule has 2 amide bonds. The van der Waals surface area contributed by atoms with Gasteiger partial charge in [0.25, 0.3) is 0 Å². The topological polar surface area (TPSA) is 86.7 Å². The van der Waals surface area contributed by atoms with Crippen LogP contribution < -0.4 is 5.32 Å². The summed E-state index contributed by atoms with van der Waals surface area (Å²) in [7, 11) is 0. The molecule has 3 unspecified atom stereocenters. The first-order chi connectivity index (χ1) is 9.99. The van der Waals surface area contributed by atoms with E-state index in [9.17, 15) is 19.5 Å². The Morgan fingerprint density at radius 2 is 2.00 bits per heavy atom. The number of nitrogens with zero attached hydrogens (tertiary/aromatic N) is 1. The molecule has 0 radical (unpaired) electrons. The number of nitrogens with one attached hydrogen (secondary N) is 1. The molecule has 0 bridgehead atoms. The van der Waals surface area contributed by atoms with Gasteiger partial charge in [0.05, 0.1) is 23.8 Å². The molecule has 6 heteroatoms. The predicted molar refractivity (Wildman–Crippen MR) is 74.2 cm³/mol. The summed E-state index contributed by atoms with van der Waals surface area (Å²) in [4.78, 5) is 37.8. The Labute approximate surface area is 123 Å². The first kappa shape index (κ1) is 14.4. The third-order valence-corrected chi connectivity index (χ3v) is 5.32. The highest BCUT2D eigenvalue weighted by atomic mass is 16.4. The molecule has 2 saturated heterocycles. The van der Waals surface area contributed by atoms with Crippen LogP contribution in [0.25, 0.3) is 0 Å². The Morgan fingerprint density at radius 3 is 2.71 bits per heavy atom. The quantitative estimate of drug-likeness (QED) is 0.775. The Hall–Kier alpha value is -1.59. The van der Waals surface area contributed by atoms with Crippen molar-refractivity contribution in [2.75, 3.05) is 13.1 Å². The van der Waals surface area contributed by atoms with Gasteiger partial charge in [0.15, 0.2) is 0 Å². The zero-order chi connectivity index (χ0) is 15.1. The van der Waals surface area contributed by atoms with E-state index in [1.165, 1.54) is 0 Å². The first-order valence-corrected chi connectivity index (χ1v) is 7.80. The van der Waals surface area contributed by atoms with E-state index in [4.69, 9.17) is 0 Å². The van der Waals surface area contributed by atoms with E-state index in [0.29, 0.717) is 25.9 Å². The number of amides is 2. The molecule has 0 aromatic rings. The monoisotopic (exact) mass is 294 g/mol. The van der Waals surface area contributed by atoms with Gasteiger partial charge in [-0.2, -0.15) is 0 Å². The molecule has 3 aliphatic rings. The minimum atomic E-state index is -0.869. The molecule has 1 saturated carbocycles. The summed E-state index contributed by atoms with van der Waals surface area (Å²) in [6, 6.07) is -0.0795. The van der Waals surface area contributed by atoms with Crippen LogP contribution in [0.1, 0.15) is 32.6 Å². The maximum absolute atomic E-state index is 12.8. The van der Waals surface area contributed by atoms with Crippen LogP contribution in [0.2, 0.25) is 0 Å². The number of fused-ring (bicyclic) bond motifs is 1. The molecule has 116 valence electrons. The van der Waals surface area contributed by atoms with Crippen molar-refractivity contribution in [3.05, 3.63) is 0 Å². The van der Waals surface area contributed by atoms with Crippen LogP contribution in [0.15, 0.2) is 0 Å². The number of piperidine rings is 1. The number of carbonyl (C=O) groups excluding carboxylic acids is 2. The number of hydrogen-bond donors (Lipinski definition) is 2. The molecule has 0 spiro atoms. The molecular formula is C15H22N2O4. The highest BCUT2D eigenvalue weighted by Crippen LogP contribution is 2.39. The number of carbonyl (C=O) groups is 3. The van der Waals surface area contributed by atoms with Crippen molar-refractivity contribution in [3.8, 4) is 0 Å². The molecule has 0 aromatic carbocycles. The molecule has 3 rings (SSSR count). The molecule has 0 aromatic heterocycles. The normalized spacial score (nSPS) is 39.0. The van der Waals surface area contributed by atoms with Crippen molar-refractivity contribution >= 4 is 17.8 Å². The van der Waals surface area contributed by atoms with Crippen LogP contribution in [0.5, 0.6) is 0 Å². The average molecular weight is 294 g/mol. The second-order valence-electron chi connectivity index (χ2n) is 6.72. The lowest BCUT2D eigenvalue weighted by atomic mass is 9.88. The zero-order valence-electron chi connectivity index (χ0n) is 12.2. The Bertz CT molecular complexity index is 478. The van der Waals surface area contributed by atoms with E-state index in [-0.39, 0.29) is 29.7 Å². The highest BCUT2D eigenvalue weighted by Gasteiger charge is 2.48. The molecule has 6 nitrogen and oxygen atoms in total. The van der Waals surface area contributed by atoms with Gasteiger partial charge in [-0.05, 0) is 31.6 Å². The van der Waals surface area contributed by atoms with Crippen LogP contribution in [0.4, 0.5) is 0 Å². The van der Waals surface area contributed by atoms with Gasteiger partial charge in [0.1, 0.15) is 0 Å². The summed E-state index contributed by atoms with van der Waals surface area (Å²) in [6.07, 6.45) is 2.86. The summed E-state index contributed by atoms with van der Waals surface area (Å²) in [6.45, 7) is 3.16. The van der Waals surface area contributed by atoms with Crippen molar-refractivity contribution < 1.29 is 19.5 Å². The van der Waals surface area contributed by atoms with Gasteiger partial charge >= 0.3 is 5.97 Å². The van der Waals surface area contributed by atoms with Gasteiger partial charge in [-0.3, -0.25) is 14.4 Å². The average Bonchev–Trinajstić information content (AvgIpc) is 3.02. The summed E-state index contributed by atoms with van der Waals surface area (Å²) in [5.41, 5.74) is 0. The molecule has 1 aliphatic carbocycles. The fraction of sp³-hybridized carbons (Fsp3) is 0.800. The van der Waals surface area contributed by atoms with E-state index in [0.717, 1.165) is 12.8 Å². The number of hydrogen-bond acceptors (Lipinski definition) is 3. The molecule has 2 heterocycles. The lowest BCUT2D eigenvalue weighted by Gasteiger charge is -2.38. The number of carboxylic acids is 1. The summed E-state index contributed by atoms with van der Waals surface area (Å²) < 4.78 is 0. The van der Waals surface area contributed by atoms with Crippen molar-refractivity contribution in [2.45, 2.75) is 38.6 Å². The SMILES string of the molecule is CC1C[C@H](C(=O)N2CCCC3C(=O)NCC32)[C@H](C(=O)O)C1. The van der Waals surface area contributed by atoms with E-state index in [1.807, 2.05) is 6.92 Å². The molecule has 2 N–H and O–H groups in total. The molecule has 21 heavy (non-hydrogen) atoms. The zero-order valence-corrected chi connectivity index (χ0v) is 12.2. The van der Waals surface area contributed by atoms with Gasteiger partial charge in [-0.25, -0.2) is 0 Å². The van der Waals surface area contributed by atoms with Gasteiger partial charge < -0.3 is 15.3 Å². The minimum Gasteiger partial charge on any atom is -0.481 e. The molecule has 3 fully saturated rings. The second kappa shape index (κ2) is 5.31. The van der Waals surface area contributed by atoms with E-state index in [2.05, 4.69) is 5.32 Å². The van der Waals surface area contributed by atoms with Crippen LogP contribution in [0, 0.1) is 23.7 Å². The van der Waals surface area contributed by atoms with E-state index in [1.54, 1.807) is 4.90 Å². The summed E-state index contributed by atoms with van der Waals surface area (Å²) >= 11 is 0. The predicted octanol–water partition coefficient (Wildman–Crippen LogP) is 0.470. The van der Waals surface area contributed by atoms with Crippen molar-refractivity contribution in [1.29, 1.82) is 0 Å². The van der Waals surface area contributed by atoms with E-state index < -0.39 is 17.8 Å². The molecule has 2 aliphatic heterocycles. The number of aliphatic carboxylic acids is 1. The fourth-order valence-electron chi connectivity index (χ4n) is 4.28. The smallest absolute Gasteiger partial charge is 0.307 e. The largest absolute Gasteiger partial charge is 0.481 e. The van der Waals surface area contributed by atoms with Crippen LogP contribution >= 0.6 is 0 Å². The van der Waals surface area contributed by atoms with Crippen LogP contribution in [-0.4, -0.2) is 46.9 Å². The van der Waals surface area contributed by atoms with Crippen LogP contribution in [0.3, 0.4) is 0 Å². The van der Waals surface area contributed by atoms with Crippen LogP contribution in [-0.2, 0) is 14.4 Å². The third kappa shape index (κ3) is 2.40. The first-order valence-electron chi connectivity index (χ1n) is 7.80. The van der Waals surface area contributed by atoms with Gasteiger partial charge in [-0.15, -0.1) is 0 Å². The van der Waals surface area contributed by atoms with Gasteiger partial charge in [0, 0.05) is 13.1 Å². The molecular weight excluding hydrogens is 272 g/mol. The number of likely N-dealkylation sites (tertiary alicyclic amines) is 1. The maximum Gasteiger partial charge on any atom is 0.307 e. The van der Waals surface area contributed by atoms with Crippen molar-refractivity contribution in [2.24, 2.45) is 23.7 Å². The van der Waals surface area contributed by atoms with Gasteiger partial charge in [0.2, 0.25) is 11.8 Å². The van der Waals surface area contributed by atoms with Crippen molar-refractivity contribution in [3.63, 3.8) is 0 Å². The summed E-state index contributed by atoms with van der Waals surface area (Å²) in [5, 5.41) is 12.2. The lowest BCUT2D eigenvalue weighted by Crippen LogP contribution is -2.51. The second-order valence-corrected chi connectivity index (χ2v) is 6.72.